The molecule has 1 aliphatic rings. The molecule has 0 aliphatic carbocycles. The number of aliphatic carboxylic acids is 1. The number of carbonyl (C=O) groups is 1. The van der Waals surface area contributed by atoms with Crippen LogP contribution in [-0.4, -0.2) is 36.0 Å². The molecular weight excluding hydrogens is 148 g/mol. The lowest BCUT2D eigenvalue weighted by molar-refractivity contribution is -0.150. The van der Waals surface area contributed by atoms with Crippen molar-refractivity contribution in [3.63, 3.8) is 0 Å². The van der Waals surface area contributed by atoms with Gasteiger partial charge in [0.25, 0.3) is 0 Å². The molecule has 64 valence electrons. The Morgan fingerprint density at radius 1 is 1.64 bits per heavy atom. The third-order valence-corrected chi connectivity index (χ3v) is 2.05. The van der Waals surface area contributed by atoms with Crippen LogP contribution in [0.4, 0.5) is 0 Å². The molecule has 0 saturated carbocycles. The number of rotatable bonds is 2. The third-order valence-electron chi connectivity index (χ3n) is 2.05. The van der Waals surface area contributed by atoms with Gasteiger partial charge in [-0.05, 0) is 12.3 Å². The van der Waals surface area contributed by atoms with Gasteiger partial charge in [0.15, 0.2) is 0 Å². The van der Waals surface area contributed by atoms with E-state index in [1.54, 1.807) is 0 Å². The smallest absolute Gasteiger partial charge is 0.309 e. The molecule has 1 heterocycles. The van der Waals surface area contributed by atoms with E-state index in [0.717, 1.165) is 0 Å². The van der Waals surface area contributed by atoms with Gasteiger partial charge in [0, 0.05) is 13.2 Å². The Balaban J connectivity index is 2.51. The second kappa shape index (κ2) is 3.69. The lowest BCUT2D eigenvalue weighted by atomic mass is 9.89. The predicted octanol–water partition coefficient (Wildman–Crippen LogP) is -0.284. The van der Waals surface area contributed by atoms with Crippen LogP contribution in [0.15, 0.2) is 0 Å². The molecule has 11 heavy (non-hydrogen) atoms. The highest BCUT2D eigenvalue weighted by molar-refractivity contribution is 5.70. The summed E-state index contributed by atoms with van der Waals surface area (Å²) in [4.78, 5) is 10.5. The molecule has 0 radical (unpaired) electrons. The summed E-state index contributed by atoms with van der Waals surface area (Å²) >= 11 is 0. The van der Waals surface area contributed by atoms with Crippen molar-refractivity contribution >= 4 is 5.97 Å². The standard InChI is InChI=1S/C7H12O4/c8-3-5-1-2-11-4-6(5)7(9)10/h5-6,8H,1-4H2,(H,9,10)/t5-,6+/m0/s1. The second-order valence-corrected chi connectivity index (χ2v) is 2.75. The van der Waals surface area contributed by atoms with E-state index in [2.05, 4.69) is 0 Å². The van der Waals surface area contributed by atoms with Gasteiger partial charge >= 0.3 is 5.97 Å². The summed E-state index contributed by atoms with van der Waals surface area (Å²) in [5.74, 6) is -1.52. The number of hydrogen-bond acceptors (Lipinski definition) is 3. The molecule has 4 heteroatoms. The fourth-order valence-corrected chi connectivity index (χ4v) is 1.27. The second-order valence-electron chi connectivity index (χ2n) is 2.75. The highest BCUT2D eigenvalue weighted by Crippen LogP contribution is 2.21. The van der Waals surface area contributed by atoms with E-state index in [9.17, 15) is 4.79 Å². The van der Waals surface area contributed by atoms with Crippen LogP contribution < -0.4 is 0 Å². The van der Waals surface area contributed by atoms with Crippen molar-refractivity contribution in [2.75, 3.05) is 19.8 Å². The Hall–Kier alpha value is -0.610. The van der Waals surface area contributed by atoms with Gasteiger partial charge < -0.3 is 14.9 Å². The minimum absolute atomic E-state index is 0.0552. The molecule has 0 unspecified atom stereocenters. The average molecular weight is 160 g/mol. The number of hydrogen-bond donors (Lipinski definition) is 2. The third kappa shape index (κ3) is 1.91. The van der Waals surface area contributed by atoms with E-state index in [1.807, 2.05) is 0 Å². The molecule has 2 atom stereocenters. The Bertz CT molecular complexity index is 145. The molecule has 1 aliphatic heterocycles. The van der Waals surface area contributed by atoms with Crippen LogP contribution in [0.3, 0.4) is 0 Å². The van der Waals surface area contributed by atoms with Crippen molar-refractivity contribution in [1.82, 2.24) is 0 Å². The number of aliphatic hydroxyl groups is 1. The van der Waals surface area contributed by atoms with Crippen LogP contribution in [0.25, 0.3) is 0 Å². The Morgan fingerprint density at radius 2 is 2.36 bits per heavy atom. The highest BCUT2D eigenvalue weighted by atomic mass is 16.5. The fraction of sp³-hybridized carbons (Fsp3) is 0.857. The summed E-state index contributed by atoms with van der Waals surface area (Å²) in [5, 5.41) is 17.4. The zero-order valence-corrected chi connectivity index (χ0v) is 6.19. The summed E-state index contributed by atoms with van der Waals surface area (Å²) in [6.07, 6.45) is 0.646. The zero-order valence-electron chi connectivity index (χ0n) is 6.19. The predicted molar refractivity (Wildman–Crippen MR) is 37.1 cm³/mol. The number of carboxylic acids is 1. The van der Waals surface area contributed by atoms with Crippen molar-refractivity contribution in [2.24, 2.45) is 11.8 Å². The molecule has 0 aromatic heterocycles. The quantitative estimate of drug-likeness (QED) is 0.582. The number of carboxylic acid groups (broad SMARTS) is 1. The van der Waals surface area contributed by atoms with Crippen molar-refractivity contribution < 1.29 is 19.7 Å². The fourth-order valence-electron chi connectivity index (χ4n) is 1.27. The van der Waals surface area contributed by atoms with Gasteiger partial charge in [0.1, 0.15) is 0 Å². The van der Waals surface area contributed by atoms with Crippen molar-refractivity contribution in [3.05, 3.63) is 0 Å². The molecule has 1 saturated heterocycles. The normalized spacial score (nSPS) is 31.7. The first-order valence-corrected chi connectivity index (χ1v) is 3.67. The van der Waals surface area contributed by atoms with Gasteiger partial charge in [-0.1, -0.05) is 0 Å². The van der Waals surface area contributed by atoms with E-state index in [-0.39, 0.29) is 19.1 Å². The van der Waals surface area contributed by atoms with Gasteiger partial charge in [-0.2, -0.15) is 0 Å². The van der Waals surface area contributed by atoms with Crippen LogP contribution in [-0.2, 0) is 9.53 Å². The Morgan fingerprint density at radius 3 is 2.82 bits per heavy atom. The van der Waals surface area contributed by atoms with E-state index in [1.165, 1.54) is 0 Å². The molecule has 0 aromatic rings. The highest BCUT2D eigenvalue weighted by Gasteiger charge is 2.30. The van der Waals surface area contributed by atoms with Crippen LogP contribution in [0.1, 0.15) is 6.42 Å². The maximum Gasteiger partial charge on any atom is 0.309 e. The van der Waals surface area contributed by atoms with Gasteiger partial charge in [-0.15, -0.1) is 0 Å². The minimum atomic E-state index is -0.872. The summed E-state index contributed by atoms with van der Waals surface area (Å²) < 4.78 is 4.98. The van der Waals surface area contributed by atoms with E-state index >= 15 is 0 Å². The SMILES string of the molecule is O=C(O)[C@@H]1COCC[C@H]1CO. The summed E-state index contributed by atoms with van der Waals surface area (Å²) in [7, 11) is 0. The maximum absolute atomic E-state index is 10.5. The average Bonchev–Trinajstić information content (AvgIpc) is 2.04. The van der Waals surface area contributed by atoms with Crippen LogP contribution in [0, 0.1) is 11.8 Å². The van der Waals surface area contributed by atoms with Crippen LogP contribution in [0.2, 0.25) is 0 Å². The first-order chi connectivity index (χ1) is 5.25. The van der Waals surface area contributed by atoms with Crippen LogP contribution >= 0.6 is 0 Å². The van der Waals surface area contributed by atoms with E-state index < -0.39 is 11.9 Å². The molecule has 0 bridgehead atoms. The van der Waals surface area contributed by atoms with Gasteiger partial charge in [-0.3, -0.25) is 4.79 Å². The van der Waals surface area contributed by atoms with Crippen molar-refractivity contribution in [3.8, 4) is 0 Å². The van der Waals surface area contributed by atoms with Crippen LogP contribution in [0.5, 0.6) is 0 Å². The molecule has 4 nitrogen and oxygen atoms in total. The molecule has 2 N–H and O–H groups in total. The zero-order chi connectivity index (χ0) is 8.27. The van der Waals surface area contributed by atoms with E-state index in [4.69, 9.17) is 14.9 Å². The lowest BCUT2D eigenvalue weighted by Crippen LogP contribution is -2.35. The topological polar surface area (TPSA) is 66.8 Å². The Labute approximate surface area is 64.8 Å². The van der Waals surface area contributed by atoms with Gasteiger partial charge in [0.05, 0.1) is 12.5 Å². The van der Waals surface area contributed by atoms with E-state index in [0.29, 0.717) is 13.0 Å². The minimum Gasteiger partial charge on any atom is -0.481 e. The Kier molecular flexibility index (Phi) is 2.84. The first kappa shape index (κ1) is 8.49. The van der Waals surface area contributed by atoms with Gasteiger partial charge in [-0.25, -0.2) is 0 Å². The first-order valence-electron chi connectivity index (χ1n) is 3.67. The number of aliphatic hydroxyl groups excluding tert-OH is 1. The largest absolute Gasteiger partial charge is 0.481 e. The van der Waals surface area contributed by atoms with Gasteiger partial charge in [0.2, 0.25) is 0 Å². The summed E-state index contributed by atoms with van der Waals surface area (Å²) in [5.41, 5.74) is 0. The number of ether oxygens (including phenoxy) is 1. The summed E-state index contributed by atoms with van der Waals surface area (Å²) in [6, 6.07) is 0. The molecule has 0 amide bonds. The molecule has 1 rings (SSSR count). The molecule has 1 fully saturated rings. The summed E-state index contributed by atoms with van der Waals surface area (Å²) in [6.45, 7) is 0.746. The maximum atomic E-state index is 10.5. The molecule has 0 aromatic carbocycles. The van der Waals surface area contributed by atoms with Crippen molar-refractivity contribution in [1.29, 1.82) is 0 Å². The molecular formula is C7H12O4. The molecule has 0 spiro atoms. The monoisotopic (exact) mass is 160 g/mol. The lowest BCUT2D eigenvalue weighted by Gasteiger charge is -2.26. The van der Waals surface area contributed by atoms with Crippen molar-refractivity contribution in [2.45, 2.75) is 6.42 Å².